The van der Waals surface area contributed by atoms with Crippen LogP contribution in [0.3, 0.4) is 0 Å². The van der Waals surface area contributed by atoms with Crippen LogP contribution in [0.1, 0.15) is 5.56 Å². The lowest BCUT2D eigenvalue weighted by Gasteiger charge is -2.10. The molecule has 3 amide bonds. The van der Waals surface area contributed by atoms with E-state index >= 15 is 0 Å². The van der Waals surface area contributed by atoms with Gasteiger partial charge in [0.05, 0.1) is 0 Å². The number of carbonyl (C=O) groups is 2. The van der Waals surface area contributed by atoms with E-state index in [2.05, 4.69) is 31.5 Å². The fourth-order valence-corrected chi connectivity index (χ4v) is 3.21. The number of aromatic nitrogens is 4. The standard InChI is InChI=1S/C17H17BrN6O4/c1-22-13-12(14(26)23(2)17(22)28)21-15(18)24(13)9-11(25)20-16(27)19-8-10-6-4-3-5-7-10/h3-7H,8-9H2,1-2H3,(H2,19,20,25,27). The maximum absolute atomic E-state index is 12.3. The van der Waals surface area contributed by atoms with Crippen LogP contribution in [0.4, 0.5) is 4.79 Å². The third kappa shape index (κ3) is 3.74. The molecule has 0 spiro atoms. The number of hydrogen-bond acceptors (Lipinski definition) is 5. The summed E-state index contributed by atoms with van der Waals surface area (Å²) in [6, 6.07) is 8.59. The summed E-state index contributed by atoms with van der Waals surface area (Å²) in [6.07, 6.45) is 0. The minimum Gasteiger partial charge on any atom is -0.334 e. The highest BCUT2D eigenvalue weighted by Crippen LogP contribution is 2.16. The third-order valence-electron chi connectivity index (χ3n) is 4.14. The van der Waals surface area contributed by atoms with E-state index in [-0.39, 0.29) is 29.0 Å². The molecule has 0 saturated heterocycles. The van der Waals surface area contributed by atoms with Gasteiger partial charge < -0.3 is 5.32 Å². The lowest BCUT2D eigenvalue weighted by molar-refractivity contribution is -0.120. The maximum Gasteiger partial charge on any atom is 0.332 e. The Morgan fingerprint density at radius 3 is 2.46 bits per heavy atom. The average molecular weight is 449 g/mol. The molecule has 28 heavy (non-hydrogen) atoms. The van der Waals surface area contributed by atoms with Crippen molar-refractivity contribution in [3.05, 3.63) is 61.5 Å². The molecule has 11 heteroatoms. The first-order valence-corrected chi connectivity index (χ1v) is 9.02. The van der Waals surface area contributed by atoms with Crippen LogP contribution in [0.25, 0.3) is 11.2 Å². The predicted octanol–water partition coefficient (Wildman–Crippen LogP) is 0.222. The predicted molar refractivity (Wildman–Crippen MR) is 105 cm³/mol. The maximum atomic E-state index is 12.3. The zero-order valence-corrected chi connectivity index (χ0v) is 16.7. The minimum atomic E-state index is -0.654. The number of urea groups is 1. The van der Waals surface area contributed by atoms with Crippen LogP contribution in [-0.4, -0.2) is 30.6 Å². The van der Waals surface area contributed by atoms with Crippen molar-refractivity contribution < 1.29 is 9.59 Å². The summed E-state index contributed by atoms with van der Waals surface area (Å²) in [4.78, 5) is 52.7. The van der Waals surface area contributed by atoms with Crippen LogP contribution >= 0.6 is 15.9 Å². The second-order valence-corrected chi connectivity index (χ2v) is 6.77. The largest absolute Gasteiger partial charge is 0.334 e. The van der Waals surface area contributed by atoms with Crippen LogP contribution in [0.5, 0.6) is 0 Å². The molecule has 0 aliphatic rings. The van der Waals surface area contributed by atoms with Crippen molar-refractivity contribution in [2.75, 3.05) is 0 Å². The first-order chi connectivity index (χ1) is 13.3. The molecule has 0 saturated carbocycles. The lowest BCUT2D eigenvalue weighted by Crippen LogP contribution is -2.41. The second-order valence-electron chi connectivity index (χ2n) is 6.06. The fourth-order valence-electron chi connectivity index (χ4n) is 2.73. The van der Waals surface area contributed by atoms with Gasteiger partial charge in [0.25, 0.3) is 5.56 Å². The molecule has 10 nitrogen and oxygen atoms in total. The van der Waals surface area contributed by atoms with E-state index in [4.69, 9.17) is 0 Å². The van der Waals surface area contributed by atoms with E-state index in [1.165, 1.54) is 23.2 Å². The first kappa shape index (κ1) is 19.5. The van der Waals surface area contributed by atoms with Gasteiger partial charge in [0, 0.05) is 20.6 Å². The van der Waals surface area contributed by atoms with Crippen LogP contribution in [-0.2, 0) is 32.0 Å². The van der Waals surface area contributed by atoms with E-state index in [1.807, 2.05) is 30.3 Å². The smallest absolute Gasteiger partial charge is 0.332 e. The highest BCUT2D eigenvalue weighted by molar-refractivity contribution is 9.10. The number of imidazole rings is 1. The second kappa shape index (κ2) is 7.80. The number of fused-ring (bicyclic) bond motifs is 1. The minimum absolute atomic E-state index is 0.0396. The van der Waals surface area contributed by atoms with E-state index in [1.54, 1.807) is 0 Å². The number of benzene rings is 1. The summed E-state index contributed by atoms with van der Waals surface area (Å²) in [7, 11) is 2.82. The summed E-state index contributed by atoms with van der Waals surface area (Å²) < 4.78 is 3.69. The number of carbonyl (C=O) groups excluding carboxylic acids is 2. The van der Waals surface area contributed by atoms with Gasteiger partial charge in [-0.1, -0.05) is 30.3 Å². The number of hydrogen-bond donors (Lipinski definition) is 2. The van der Waals surface area contributed by atoms with Gasteiger partial charge in [-0.25, -0.2) is 14.6 Å². The molecule has 2 heterocycles. The Bertz CT molecular complexity index is 1180. The zero-order chi connectivity index (χ0) is 20.4. The summed E-state index contributed by atoms with van der Waals surface area (Å²) in [5.74, 6) is -0.626. The molecular weight excluding hydrogens is 432 g/mol. The van der Waals surface area contributed by atoms with E-state index in [0.29, 0.717) is 0 Å². The van der Waals surface area contributed by atoms with Crippen molar-refractivity contribution >= 4 is 39.0 Å². The van der Waals surface area contributed by atoms with Gasteiger partial charge in [0.2, 0.25) is 5.91 Å². The third-order valence-corrected chi connectivity index (χ3v) is 4.75. The van der Waals surface area contributed by atoms with Gasteiger partial charge in [-0.2, -0.15) is 0 Å². The van der Waals surface area contributed by atoms with Crippen LogP contribution in [0.2, 0.25) is 0 Å². The molecule has 0 unspecified atom stereocenters. The van der Waals surface area contributed by atoms with E-state index in [0.717, 1.165) is 10.1 Å². The van der Waals surface area contributed by atoms with Gasteiger partial charge in [-0.3, -0.25) is 28.6 Å². The van der Waals surface area contributed by atoms with Crippen LogP contribution in [0, 0.1) is 0 Å². The van der Waals surface area contributed by atoms with E-state index < -0.39 is 23.2 Å². The van der Waals surface area contributed by atoms with Crippen molar-refractivity contribution in [3.63, 3.8) is 0 Å². The molecule has 2 aromatic heterocycles. The average Bonchev–Trinajstić information content (AvgIpc) is 3.00. The molecule has 3 aromatic rings. The molecule has 0 fully saturated rings. The highest BCUT2D eigenvalue weighted by Gasteiger charge is 2.20. The van der Waals surface area contributed by atoms with Crippen molar-refractivity contribution in [2.24, 2.45) is 14.1 Å². The number of halogens is 1. The van der Waals surface area contributed by atoms with Crippen molar-refractivity contribution in [1.29, 1.82) is 0 Å². The Kier molecular flexibility index (Phi) is 5.45. The number of amides is 3. The molecule has 2 N–H and O–H groups in total. The van der Waals surface area contributed by atoms with Crippen molar-refractivity contribution in [2.45, 2.75) is 13.1 Å². The number of nitrogens with one attached hydrogen (secondary N) is 2. The topological polar surface area (TPSA) is 120 Å². The van der Waals surface area contributed by atoms with Gasteiger partial charge in [0.15, 0.2) is 15.9 Å². The molecular formula is C17H17BrN6O4. The summed E-state index contributed by atoms with van der Waals surface area (Å²) in [6.45, 7) is -0.0432. The van der Waals surface area contributed by atoms with E-state index in [9.17, 15) is 19.2 Å². The van der Waals surface area contributed by atoms with Gasteiger partial charge >= 0.3 is 11.7 Å². The quantitative estimate of drug-likeness (QED) is 0.553. The van der Waals surface area contributed by atoms with Gasteiger partial charge in [-0.05, 0) is 21.5 Å². The Hall–Kier alpha value is -3.21. The zero-order valence-electron chi connectivity index (χ0n) is 15.1. The first-order valence-electron chi connectivity index (χ1n) is 8.23. The number of aryl methyl sites for hydroxylation is 1. The molecule has 146 valence electrons. The Balaban J connectivity index is 1.76. The molecule has 0 aliphatic heterocycles. The summed E-state index contributed by atoms with van der Waals surface area (Å²) in [5, 5.41) is 4.79. The summed E-state index contributed by atoms with van der Waals surface area (Å²) in [5.41, 5.74) is -0.0114. The van der Waals surface area contributed by atoms with Gasteiger partial charge in [-0.15, -0.1) is 0 Å². The SMILES string of the molecule is Cn1c(=O)c2nc(Br)n(CC(=O)NC(=O)NCc3ccccc3)c2n(C)c1=O. The molecule has 1 aromatic carbocycles. The van der Waals surface area contributed by atoms with Crippen LogP contribution < -0.4 is 21.9 Å². The number of rotatable bonds is 4. The fraction of sp³-hybridized carbons (Fsp3) is 0.235. The lowest BCUT2D eigenvalue weighted by atomic mass is 10.2. The molecule has 0 bridgehead atoms. The normalized spacial score (nSPS) is 10.8. The highest BCUT2D eigenvalue weighted by atomic mass is 79.9. The molecule has 0 atom stereocenters. The molecule has 0 radical (unpaired) electrons. The number of imide groups is 1. The number of nitrogens with zero attached hydrogens (tertiary/aromatic N) is 4. The van der Waals surface area contributed by atoms with Gasteiger partial charge in [0.1, 0.15) is 6.54 Å². The molecule has 0 aliphatic carbocycles. The molecule has 3 rings (SSSR count). The Morgan fingerprint density at radius 1 is 1.11 bits per heavy atom. The van der Waals surface area contributed by atoms with Crippen LogP contribution in [0.15, 0.2) is 44.7 Å². The monoisotopic (exact) mass is 448 g/mol. The van der Waals surface area contributed by atoms with Crippen molar-refractivity contribution in [1.82, 2.24) is 29.3 Å². The summed E-state index contributed by atoms with van der Waals surface area (Å²) >= 11 is 3.19. The van der Waals surface area contributed by atoms with Crippen molar-refractivity contribution in [3.8, 4) is 0 Å². The Morgan fingerprint density at radius 2 is 1.79 bits per heavy atom. The Labute approximate surface area is 166 Å².